The van der Waals surface area contributed by atoms with E-state index >= 15 is 0 Å². The van der Waals surface area contributed by atoms with Gasteiger partial charge in [-0.3, -0.25) is 0 Å². The lowest BCUT2D eigenvalue weighted by Gasteiger charge is -2.28. The van der Waals surface area contributed by atoms with E-state index in [1.807, 2.05) is 6.20 Å². The van der Waals surface area contributed by atoms with Gasteiger partial charge in [0, 0.05) is 24.5 Å². The Hall–Kier alpha value is -0.990. The molecule has 1 N–H and O–H groups in total. The van der Waals surface area contributed by atoms with Crippen molar-refractivity contribution in [3.63, 3.8) is 0 Å². The van der Waals surface area contributed by atoms with Crippen molar-refractivity contribution in [3.8, 4) is 0 Å². The van der Waals surface area contributed by atoms with Crippen molar-refractivity contribution in [3.05, 3.63) is 12.4 Å². The lowest BCUT2D eigenvalue weighted by molar-refractivity contribution is 0.330. The van der Waals surface area contributed by atoms with Gasteiger partial charge in [0.05, 0.1) is 0 Å². The third kappa shape index (κ3) is 2.17. The van der Waals surface area contributed by atoms with E-state index in [1.54, 1.807) is 0 Å². The van der Waals surface area contributed by atoms with E-state index in [-0.39, 0.29) is 0 Å². The molecule has 1 aromatic heterocycles. The second-order valence-corrected chi connectivity index (χ2v) is 6.88. The molecule has 3 aliphatic rings. The predicted molar refractivity (Wildman–Crippen MR) is 77.2 cm³/mol. The molecule has 0 amide bonds. The largest absolute Gasteiger partial charge is 0.353 e. The van der Waals surface area contributed by atoms with Gasteiger partial charge in [-0.15, -0.1) is 0 Å². The van der Waals surface area contributed by atoms with Crippen LogP contribution in [0.25, 0.3) is 0 Å². The van der Waals surface area contributed by atoms with Crippen LogP contribution in [0.2, 0.25) is 0 Å². The monoisotopic (exact) mass is 259 g/mol. The molecule has 0 spiro atoms. The third-order valence-electron chi connectivity index (χ3n) is 5.67. The maximum Gasteiger partial charge on any atom is 0.203 e. The molecule has 3 nitrogen and oxygen atoms in total. The van der Waals surface area contributed by atoms with Crippen LogP contribution < -0.4 is 5.32 Å². The first-order valence-corrected chi connectivity index (χ1v) is 8.19. The van der Waals surface area contributed by atoms with Gasteiger partial charge in [-0.2, -0.15) is 0 Å². The standard InChI is InChI=1S/C16H25N3/c1-2-4-14(5-3-1)18-16-17-8-9-19(16)15-11-12-6-7-13(15)10-12/h8-9,12-15H,1-7,10-11H2,(H,17,18). The maximum atomic E-state index is 4.59. The molecule has 3 heteroatoms. The van der Waals surface area contributed by atoms with Crippen LogP contribution in [0.5, 0.6) is 0 Å². The van der Waals surface area contributed by atoms with Crippen molar-refractivity contribution in [1.29, 1.82) is 0 Å². The lowest BCUT2D eigenvalue weighted by Crippen LogP contribution is -2.26. The summed E-state index contributed by atoms with van der Waals surface area (Å²) in [6.45, 7) is 0. The minimum Gasteiger partial charge on any atom is -0.353 e. The molecule has 0 aliphatic heterocycles. The number of nitrogens with zero attached hydrogens (tertiary/aromatic N) is 2. The fourth-order valence-electron chi connectivity index (χ4n) is 4.67. The summed E-state index contributed by atoms with van der Waals surface area (Å²) in [4.78, 5) is 4.59. The van der Waals surface area contributed by atoms with Crippen LogP contribution in [0.1, 0.15) is 63.8 Å². The Labute approximate surface area is 115 Å². The van der Waals surface area contributed by atoms with Gasteiger partial charge < -0.3 is 9.88 Å². The van der Waals surface area contributed by atoms with Crippen molar-refractivity contribution in [2.45, 2.75) is 69.9 Å². The number of imidazole rings is 1. The van der Waals surface area contributed by atoms with Gasteiger partial charge in [-0.05, 0) is 43.9 Å². The topological polar surface area (TPSA) is 29.9 Å². The van der Waals surface area contributed by atoms with Crippen LogP contribution in [0.3, 0.4) is 0 Å². The van der Waals surface area contributed by atoms with Crippen molar-refractivity contribution in [1.82, 2.24) is 9.55 Å². The molecule has 0 aromatic carbocycles. The highest BCUT2D eigenvalue weighted by molar-refractivity contribution is 5.29. The van der Waals surface area contributed by atoms with E-state index in [0.717, 1.165) is 23.8 Å². The quantitative estimate of drug-likeness (QED) is 0.889. The van der Waals surface area contributed by atoms with E-state index in [1.165, 1.54) is 57.8 Å². The Morgan fingerprint density at radius 3 is 2.68 bits per heavy atom. The van der Waals surface area contributed by atoms with Crippen LogP contribution in [0.15, 0.2) is 12.4 Å². The zero-order valence-corrected chi connectivity index (χ0v) is 11.7. The molecule has 1 aromatic rings. The normalized spacial score (nSPS) is 34.8. The molecule has 2 bridgehead atoms. The Balaban J connectivity index is 1.49. The molecule has 0 radical (unpaired) electrons. The zero-order valence-electron chi connectivity index (χ0n) is 11.7. The number of anilines is 1. The Kier molecular flexibility index (Phi) is 3.01. The van der Waals surface area contributed by atoms with E-state index in [2.05, 4.69) is 21.1 Å². The molecule has 3 fully saturated rings. The molecule has 4 rings (SSSR count). The number of aromatic nitrogens is 2. The number of fused-ring (bicyclic) bond motifs is 2. The molecule has 3 saturated carbocycles. The molecule has 3 atom stereocenters. The number of nitrogens with one attached hydrogen (secondary N) is 1. The van der Waals surface area contributed by atoms with Crippen LogP contribution in [0.4, 0.5) is 5.95 Å². The number of rotatable bonds is 3. The van der Waals surface area contributed by atoms with Crippen LogP contribution in [-0.4, -0.2) is 15.6 Å². The van der Waals surface area contributed by atoms with Gasteiger partial charge in [0.25, 0.3) is 0 Å². The molecule has 3 unspecified atom stereocenters. The fraction of sp³-hybridized carbons (Fsp3) is 0.812. The highest BCUT2D eigenvalue weighted by atomic mass is 15.2. The average Bonchev–Trinajstić information content (AvgIpc) is 3.15. The Morgan fingerprint density at radius 2 is 1.95 bits per heavy atom. The van der Waals surface area contributed by atoms with E-state index in [4.69, 9.17) is 0 Å². The van der Waals surface area contributed by atoms with Crippen LogP contribution in [0, 0.1) is 11.8 Å². The minimum atomic E-state index is 0.661. The Bertz CT molecular complexity index is 433. The molecule has 3 aliphatic carbocycles. The van der Waals surface area contributed by atoms with Gasteiger partial charge in [0.2, 0.25) is 5.95 Å². The summed E-state index contributed by atoms with van der Waals surface area (Å²) in [6.07, 6.45) is 16.8. The Morgan fingerprint density at radius 1 is 1.05 bits per heavy atom. The molecular formula is C16H25N3. The smallest absolute Gasteiger partial charge is 0.203 e. The SMILES string of the molecule is c1cn(C2CC3CCC2C3)c(NC2CCCCC2)n1. The summed E-state index contributed by atoms with van der Waals surface area (Å²) in [6, 6.07) is 1.39. The molecule has 19 heavy (non-hydrogen) atoms. The average molecular weight is 259 g/mol. The van der Waals surface area contributed by atoms with Crippen molar-refractivity contribution < 1.29 is 0 Å². The second-order valence-electron chi connectivity index (χ2n) is 6.88. The summed E-state index contributed by atoms with van der Waals surface area (Å²) in [5.74, 6) is 3.07. The molecule has 104 valence electrons. The summed E-state index contributed by atoms with van der Waals surface area (Å²) < 4.78 is 2.46. The molecule has 0 saturated heterocycles. The molecule has 1 heterocycles. The molecular weight excluding hydrogens is 234 g/mol. The summed E-state index contributed by atoms with van der Waals surface area (Å²) in [7, 11) is 0. The van der Waals surface area contributed by atoms with Crippen LogP contribution >= 0.6 is 0 Å². The number of hydrogen-bond acceptors (Lipinski definition) is 2. The highest BCUT2D eigenvalue weighted by Crippen LogP contribution is 2.51. The first-order chi connectivity index (χ1) is 9.40. The van der Waals surface area contributed by atoms with Gasteiger partial charge in [-0.25, -0.2) is 4.98 Å². The number of hydrogen-bond donors (Lipinski definition) is 1. The zero-order chi connectivity index (χ0) is 12.7. The van der Waals surface area contributed by atoms with E-state index < -0.39 is 0 Å². The van der Waals surface area contributed by atoms with Crippen molar-refractivity contribution in [2.75, 3.05) is 5.32 Å². The predicted octanol–water partition coefficient (Wildman–Crippen LogP) is 3.99. The summed E-state index contributed by atoms with van der Waals surface area (Å²) in [5, 5.41) is 3.72. The van der Waals surface area contributed by atoms with E-state index in [9.17, 15) is 0 Å². The van der Waals surface area contributed by atoms with E-state index in [0.29, 0.717) is 6.04 Å². The van der Waals surface area contributed by atoms with Crippen molar-refractivity contribution >= 4 is 5.95 Å². The highest BCUT2D eigenvalue weighted by Gasteiger charge is 2.41. The minimum absolute atomic E-state index is 0.661. The van der Waals surface area contributed by atoms with Gasteiger partial charge in [0.15, 0.2) is 0 Å². The van der Waals surface area contributed by atoms with Crippen LogP contribution in [-0.2, 0) is 0 Å². The van der Waals surface area contributed by atoms with Gasteiger partial charge in [0.1, 0.15) is 0 Å². The first-order valence-electron chi connectivity index (χ1n) is 8.19. The maximum absolute atomic E-state index is 4.59. The summed E-state index contributed by atoms with van der Waals surface area (Å²) in [5.41, 5.74) is 0. The first kappa shape index (κ1) is 11.8. The lowest BCUT2D eigenvalue weighted by atomic mass is 9.95. The second kappa shape index (κ2) is 4.84. The summed E-state index contributed by atoms with van der Waals surface area (Å²) >= 11 is 0. The van der Waals surface area contributed by atoms with Gasteiger partial charge >= 0.3 is 0 Å². The fourth-order valence-corrected chi connectivity index (χ4v) is 4.67. The van der Waals surface area contributed by atoms with Gasteiger partial charge in [-0.1, -0.05) is 25.7 Å². The van der Waals surface area contributed by atoms with Crippen molar-refractivity contribution in [2.24, 2.45) is 11.8 Å². The third-order valence-corrected chi connectivity index (χ3v) is 5.67.